The van der Waals surface area contributed by atoms with Gasteiger partial charge in [-0.3, -0.25) is 4.68 Å². The first-order valence-corrected chi connectivity index (χ1v) is 9.99. The van der Waals surface area contributed by atoms with E-state index in [1.807, 2.05) is 66.7 Å². The third-order valence-electron chi connectivity index (χ3n) is 4.57. The Labute approximate surface area is 151 Å². The number of hydrogen-bond acceptors (Lipinski definition) is 3. The first-order chi connectivity index (χ1) is 11.4. The summed E-state index contributed by atoms with van der Waals surface area (Å²) in [6.45, 7) is 15.5. The number of aromatic nitrogens is 2. The molecule has 0 aliphatic carbocycles. The molecule has 0 saturated heterocycles. The fraction of sp³-hybridized carbons (Fsp3) is 0.526. The standard InChI is InChI=1S/C19H29N3O2S/c1-12-10-9-11-17(13(12)2)14(3)21-25(23,24)18-15(4)20-22(16(18)5)19(6,7)8/h9-11,14,21H,1-8H3. The smallest absolute Gasteiger partial charge is 0.244 e. The first kappa shape index (κ1) is 19.7. The van der Waals surface area contributed by atoms with E-state index in [9.17, 15) is 8.42 Å². The highest BCUT2D eigenvalue weighted by atomic mass is 32.2. The van der Waals surface area contributed by atoms with E-state index in [4.69, 9.17) is 0 Å². The maximum Gasteiger partial charge on any atom is 0.244 e. The van der Waals surface area contributed by atoms with Crippen molar-refractivity contribution in [3.8, 4) is 0 Å². The van der Waals surface area contributed by atoms with Crippen LogP contribution in [-0.2, 0) is 15.6 Å². The average molecular weight is 364 g/mol. The van der Waals surface area contributed by atoms with Crippen LogP contribution in [-0.4, -0.2) is 18.2 Å². The van der Waals surface area contributed by atoms with Crippen molar-refractivity contribution >= 4 is 10.0 Å². The largest absolute Gasteiger partial charge is 0.263 e. The monoisotopic (exact) mass is 363 g/mol. The van der Waals surface area contributed by atoms with E-state index in [2.05, 4.69) is 9.82 Å². The summed E-state index contributed by atoms with van der Waals surface area (Å²) in [5.41, 5.74) is 4.15. The van der Waals surface area contributed by atoms with Gasteiger partial charge in [-0.2, -0.15) is 5.10 Å². The molecule has 1 N–H and O–H groups in total. The molecule has 2 aromatic rings. The molecule has 1 heterocycles. The van der Waals surface area contributed by atoms with Crippen molar-refractivity contribution in [1.82, 2.24) is 14.5 Å². The second kappa shape index (κ2) is 6.57. The zero-order valence-electron chi connectivity index (χ0n) is 16.4. The minimum absolute atomic E-state index is 0.276. The lowest BCUT2D eigenvalue weighted by Gasteiger charge is -2.22. The summed E-state index contributed by atoms with van der Waals surface area (Å²) in [6.07, 6.45) is 0. The molecule has 6 heteroatoms. The van der Waals surface area contributed by atoms with Crippen LogP contribution in [0.1, 0.15) is 61.8 Å². The number of nitrogens with one attached hydrogen (secondary N) is 1. The van der Waals surface area contributed by atoms with Gasteiger partial charge in [-0.1, -0.05) is 18.2 Å². The van der Waals surface area contributed by atoms with Crippen molar-refractivity contribution in [2.24, 2.45) is 0 Å². The van der Waals surface area contributed by atoms with Gasteiger partial charge in [0.2, 0.25) is 10.0 Å². The molecule has 0 saturated carbocycles. The molecule has 138 valence electrons. The molecule has 1 atom stereocenters. The Morgan fingerprint density at radius 1 is 1.12 bits per heavy atom. The summed E-state index contributed by atoms with van der Waals surface area (Å²) in [5, 5.41) is 4.46. The summed E-state index contributed by atoms with van der Waals surface area (Å²) < 4.78 is 30.7. The molecule has 0 aliphatic heterocycles. The van der Waals surface area contributed by atoms with Crippen LogP contribution < -0.4 is 4.72 Å². The van der Waals surface area contributed by atoms with Gasteiger partial charge in [-0.25, -0.2) is 13.1 Å². The van der Waals surface area contributed by atoms with Crippen LogP contribution in [0.5, 0.6) is 0 Å². The Kier molecular flexibility index (Phi) is 5.17. The maximum atomic E-state index is 13.0. The zero-order chi connectivity index (χ0) is 19.2. The first-order valence-electron chi connectivity index (χ1n) is 8.51. The molecule has 0 bridgehead atoms. The summed E-state index contributed by atoms with van der Waals surface area (Å²) >= 11 is 0. The Hall–Kier alpha value is -1.66. The Bertz CT molecular complexity index is 890. The van der Waals surface area contributed by atoms with Gasteiger partial charge in [-0.05, 0) is 72.1 Å². The molecule has 0 fully saturated rings. The lowest BCUT2D eigenvalue weighted by molar-refractivity contribution is 0.345. The van der Waals surface area contributed by atoms with Crippen LogP contribution in [0.15, 0.2) is 23.1 Å². The summed E-state index contributed by atoms with van der Waals surface area (Å²) in [6, 6.07) is 5.63. The van der Waals surface area contributed by atoms with Crippen LogP contribution in [0, 0.1) is 27.7 Å². The molecular weight excluding hydrogens is 334 g/mol. The summed E-state index contributed by atoms with van der Waals surface area (Å²) in [5.74, 6) is 0. The van der Waals surface area contributed by atoms with E-state index in [1.54, 1.807) is 11.6 Å². The number of sulfonamides is 1. The Morgan fingerprint density at radius 2 is 1.72 bits per heavy atom. The average Bonchev–Trinajstić information content (AvgIpc) is 2.77. The maximum absolute atomic E-state index is 13.0. The zero-order valence-corrected chi connectivity index (χ0v) is 17.2. The van der Waals surface area contributed by atoms with Gasteiger partial charge in [0.25, 0.3) is 0 Å². The number of benzene rings is 1. The van der Waals surface area contributed by atoms with Crippen LogP contribution in [0.2, 0.25) is 0 Å². The van der Waals surface area contributed by atoms with Gasteiger partial charge in [0.1, 0.15) is 4.90 Å². The normalized spacial score (nSPS) is 13.9. The van der Waals surface area contributed by atoms with Crippen LogP contribution in [0.25, 0.3) is 0 Å². The van der Waals surface area contributed by atoms with E-state index < -0.39 is 10.0 Å². The minimum atomic E-state index is -3.67. The van der Waals surface area contributed by atoms with Crippen LogP contribution in [0.3, 0.4) is 0 Å². The molecule has 1 aromatic heterocycles. The molecule has 0 aliphatic rings. The highest BCUT2D eigenvalue weighted by Crippen LogP contribution is 2.27. The Morgan fingerprint density at radius 3 is 2.24 bits per heavy atom. The van der Waals surface area contributed by atoms with Crippen LogP contribution in [0.4, 0.5) is 0 Å². The molecule has 2 rings (SSSR count). The SMILES string of the molecule is Cc1cccc(C(C)NS(=O)(=O)c2c(C)nn(C(C)(C)C)c2C)c1C. The van der Waals surface area contributed by atoms with Gasteiger partial charge >= 0.3 is 0 Å². The van der Waals surface area contributed by atoms with E-state index in [0.717, 1.165) is 16.7 Å². The van der Waals surface area contributed by atoms with Gasteiger partial charge in [0, 0.05) is 6.04 Å². The third kappa shape index (κ3) is 3.80. The van der Waals surface area contributed by atoms with Crippen LogP contribution >= 0.6 is 0 Å². The molecule has 1 unspecified atom stereocenters. The summed E-state index contributed by atoms with van der Waals surface area (Å²) in [7, 11) is -3.67. The number of rotatable bonds is 4. The molecule has 1 aromatic carbocycles. The van der Waals surface area contributed by atoms with E-state index in [1.165, 1.54) is 0 Å². The molecular formula is C19H29N3O2S. The highest BCUT2D eigenvalue weighted by Gasteiger charge is 2.29. The van der Waals surface area contributed by atoms with Crippen molar-refractivity contribution in [1.29, 1.82) is 0 Å². The van der Waals surface area contributed by atoms with E-state index in [0.29, 0.717) is 11.4 Å². The van der Waals surface area contributed by atoms with Gasteiger partial charge < -0.3 is 0 Å². The van der Waals surface area contributed by atoms with E-state index in [-0.39, 0.29) is 16.5 Å². The van der Waals surface area contributed by atoms with Crippen molar-refractivity contribution < 1.29 is 8.42 Å². The van der Waals surface area contributed by atoms with Crippen molar-refractivity contribution in [3.63, 3.8) is 0 Å². The highest BCUT2D eigenvalue weighted by molar-refractivity contribution is 7.89. The van der Waals surface area contributed by atoms with Crippen molar-refractivity contribution in [2.75, 3.05) is 0 Å². The topological polar surface area (TPSA) is 64.0 Å². The fourth-order valence-corrected chi connectivity index (χ4v) is 4.88. The van der Waals surface area contributed by atoms with Crippen molar-refractivity contribution in [3.05, 3.63) is 46.3 Å². The van der Waals surface area contributed by atoms with E-state index >= 15 is 0 Å². The van der Waals surface area contributed by atoms with Gasteiger partial charge in [-0.15, -0.1) is 0 Å². The lowest BCUT2D eigenvalue weighted by atomic mass is 9.99. The van der Waals surface area contributed by atoms with Gasteiger partial charge in [0.05, 0.1) is 16.9 Å². The Balaban J connectivity index is 2.44. The van der Waals surface area contributed by atoms with Gasteiger partial charge in [0.15, 0.2) is 0 Å². The fourth-order valence-electron chi connectivity index (χ4n) is 3.27. The molecule has 5 nitrogen and oxygen atoms in total. The molecule has 0 amide bonds. The van der Waals surface area contributed by atoms with Crippen molar-refractivity contribution in [2.45, 2.75) is 71.9 Å². The number of aryl methyl sites for hydroxylation is 2. The number of nitrogens with zero attached hydrogens (tertiary/aromatic N) is 2. The third-order valence-corrected chi connectivity index (χ3v) is 6.37. The molecule has 25 heavy (non-hydrogen) atoms. The molecule has 0 spiro atoms. The quantitative estimate of drug-likeness (QED) is 0.896. The predicted octanol–water partition coefficient (Wildman–Crippen LogP) is 3.91. The molecule has 0 radical (unpaired) electrons. The minimum Gasteiger partial charge on any atom is -0.263 e. The number of hydrogen-bond donors (Lipinski definition) is 1. The second-order valence-corrected chi connectivity index (χ2v) is 9.37. The summed E-state index contributed by atoms with van der Waals surface area (Å²) in [4.78, 5) is 0.277. The second-order valence-electron chi connectivity index (χ2n) is 7.71. The lowest BCUT2D eigenvalue weighted by Crippen LogP contribution is -2.29. The predicted molar refractivity (Wildman–Crippen MR) is 101 cm³/mol.